The zero-order valence-electron chi connectivity index (χ0n) is 9.72. The first-order chi connectivity index (χ1) is 8.31. The topological polar surface area (TPSA) is 37.8 Å². The highest BCUT2D eigenvalue weighted by molar-refractivity contribution is 7.80. The van der Waals surface area contributed by atoms with Crippen molar-refractivity contribution in [1.29, 1.82) is 0 Å². The molecule has 0 aliphatic rings. The molecular formula is C13H15N3S. The van der Waals surface area contributed by atoms with Crippen molar-refractivity contribution in [2.24, 2.45) is 0 Å². The number of hydrogen-bond acceptors (Lipinski definition) is 4. The largest absolute Gasteiger partial charge is 0.353 e. The minimum atomic E-state index is 0.649. The fourth-order valence-electron chi connectivity index (χ4n) is 1.62. The van der Waals surface area contributed by atoms with Gasteiger partial charge in [-0.2, -0.15) is 12.6 Å². The molecule has 2 aromatic rings. The number of anilines is 1. The molecule has 0 amide bonds. The van der Waals surface area contributed by atoms with E-state index in [-0.39, 0.29) is 0 Å². The van der Waals surface area contributed by atoms with E-state index in [2.05, 4.69) is 47.0 Å². The molecule has 0 saturated heterocycles. The van der Waals surface area contributed by atoms with E-state index in [0.29, 0.717) is 5.95 Å². The van der Waals surface area contributed by atoms with E-state index in [4.69, 9.17) is 0 Å². The second kappa shape index (κ2) is 5.68. The van der Waals surface area contributed by atoms with Crippen LogP contribution >= 0.6 is 12.6 Å². The summed E-state index contributed by atoms with van der Waals surface area (Å²) in [6, 6.07) is 8.22. The first-order valence-corrected chi connectivity index (χ1v) is 6.17. The summed E-state index contributed by atoms with van der Waals surface area (Å²) in [6.45, 7) is 2.86. The van der Waals surface area contributed by atoms with Crippen molar-refractivity contribution in [3.8, 4) is 11.1 Å². The Bertz CT molecular complexity index is 482. The standard InChI is InChI=1S/C13H15N3S/c1-10-4-2-3-5-12(10)11-8-15-13(16-9-11)14-6-7-17/h2-5,8-9,17H,6-7H2,1H3,(H,14,15,16). The molecule has 1 heterocycles. The summed E-state index contributed by atoms with van der Waals surface area (Å²) in [5.41, 5.74) is 3.44. The Hall–Kier alpha value is -1.55. The van der Waals surface area contributed by atoms with Crippen LogP contribution in [-0.4, -0.2) is 22.3 Å². The molecule has 88 valence electrons. The normalized spacial score (nSPS) is 10.2. The van der Waals surface area contributed by atoms with E-state index >= 15 is 0 Å². The average Bonchev–Trinajstić information content (AvgIpc) is 2.38. The number of nitrogens with zero attached hydrogens (tertiary/aromatic N) is 2. The smallest absolute Gasteiger partial charge is 0.222 e. The summed E-state index contributed by atoms with van der Waals surface area (Å²) in [4.78, 5) is 8.56. The maximum Gasteiger partial charge on any atom is 0.222 e. The number of hydrogen-bond donors (Lipinski definition) is 2. The van der Waals surface area contributed by atoms with Crippen LogP contribution in [0.4, 0.5) is 5.95 Å². The minimum absolute atomic E-state index is 0.649. The van der Waals surface area contributed by atoms with Gasteiger partial charge in [0.25, 0.3) is 0 Å². The summed E-state index contributed by atoms with van der Waals surface area (Å²) >= 11 is 4.12. The van der Waals surface area contributed by atoms with Crippen LogP contribution in [0.3, 0.4) is 0 Å². The molecule has 0 aliphatic heterocycles. The van der Waals surface area contributed by atoms with Gasteiger partial charge in [-0.25, -0.2) is 9.97 Å². The monoisotopic (exact) mass is 245 g/mol. The van der Waals surface area contributed by atoms with Crippen LogP contribution in [0.15, 0.2) is 36.7 Å². The summed E-state index contributed by atoms with van der Waals surface area (Å²) in [5, 5.41) is 3.09. The van der Waals surface area contributed by atoms with E-state index in [1.54, 1.807) is 0 Å². The minimum Gasteiger partial charge on any atom is -0.353 e. The Morgan fingerprint density at radius 2 is 1.88 bits per heavy atom. The van der Waals surface area contributed by atoms with Gasteiger partial charge < -0.3 is 5.32 Å². The molecule has 1 aromatic carbocycles. The second-order valence-electron chi connectivity index (χ2n) is 3.76. The molecule has 0 spiro atoms. The van der Waals surface area contributed by atoms with Crippen LogP contribution < -0.4 is 5.32 Å². The van der Waals surface area contributed by atoms with Crippen LogP contribution in [0.25, 0.3) is 11.1 Å². The van der Waals surface area contributed by atoms with Gasteiger partial charge in [0.05, 0.1) is 0 Å². The molecule has 3 nitrogen and oxygen atoms in total. The fraction of sp³-hybridized carbons (Fsp3) is 0.231. The molecule has 0 aliphatic carbocycles. The molecule has 2 rings (SSSR count). The highest BCUT2D eigenvalue weighted by Crippen LogP contribution is 2.21. The van der Waals surface area contributed by atoms with Gasteiger partial charge in [0.1, 0.15) is 0 Å². The number of aromatic nitrogens is 2. The van der Waals surface area contributed by atoms with Crippen molar-refractivity contribution in [1.82, 2.24) is 9.97 Å². The number of benzene rings is 1. The summed E-state index contributed by atoms with van der Waals surface area (Å²) < 4.78 is 0. The van der Waals surface area contributed by atoms with Gasteiger partial charge >= 0.3 is 0 Å². The van der Waals surface area contributed by atoms with Crippen LogP contribution in [0.5, 0.6) is 0 Å². The van der Waals surface area contributed by atoms with E-state index in [9.17, 15) is 0 Å². The molecule has 0 fully saturated rings. The highest BCUT2D eigenvalue weighted by Gasteiger charge is 2.02. The number of rotatable bonds is 4. The fourth-order valence-corrected chi connectivity index (χ4v) is 1.73. The van der Waals surface area contributed by atoms with Crippen molar-refractivity contribution >= 4 is 18.6 Å². The Balaban J connectivity index is 2.21. The second-order valence-corrected chi connectivity index (χ2v) is 4.21. The van der Waals surface area contributed by atoms with Gasteiger partial charge in [-0.05, 0) is 18.1 Å². The summed E-state index contributed by atoms with van der Waals surface area (Å²) in [7, 11) is 0. The maximum absolute atomic E-state index is 4.28. The summed E-state index contributed by atoms with van der Waals surface area (Å²) in [6.07, 6.45) is 3.69. The molecule has 17 heavy (non-hydrogen) atoms. The van der Waals surface area contributed by atoms with Crippen molar-refractivity contribution < 1.29 is 0 Å². The predicted octanol–water partition coefficient (Wildman–Crippen LogP) is 2.79. The molecule has 1 N–H and O–H groups in total. The Morgan fingerprint density at radius 1 is 1.18 bits per heavy atom. The van der Waals surface area contributed by atoms with Crippen LogP contribution in [0, 0.1) is 6.92 Å². The summed E-state index contributed by atoms with van der Waals surface area (Å²) in [5.74, 6) is 1.42. The highest BCUT2D eigenvalue weighted by atomic mass is 32.1. The van der Waals surface area contributed by atoms with Crippen molar-refractivity contribution in [3.05, 3.63) is 42.2 Å². The number of thiol groups is 1. The lowest BCUT2D eigenvalue weighted by Crippen LogP contribution is -2.05. The van der Waals surface area contributed by atoms with Crippen LogP contribution in [-0.2, 0) is 0 Å². The lowest BCUT2D eigenvalue weighted by Gasteiger charge is -2.06. The van der Waals surface area contributed by atoms with Gasteiger partial charge in [0.15, 0.2) is 0 Å². The first kappa shape index (κ1) is 11.9. The molecular weight excluding hydrogens is 230 g/mol. The molecule has 0 bridgehead atoms. The third-order valence-electron chi connectivity index (χ3n) is 2.50. The zero-order chi connectivity index (χ0) is 12.1. The Kier molecular flexibility index (Phi) is 3.98. The molecule has 0 saturated carbocycles. The maximum atomic E-state index is 4.28. The Labute approximate surface area is 107 Å². The molecule has 0 atom stereocenters. The van der Waals surface area contributed by atoms with E-state index in [1.165, 1.54) is 11.1 Å². The Morgan fingerprint density at radius 3 is 2.53 bits per heavy atom. The quantitative estimate of drug-likeness (QED) is 0.813. The van der Waals surface area contributed by atoms with Crippen molar-refractivity contribution in [2.45, 2.75) is 6.92 Å². The third kappa shape index (κ3) is 2.97. The van der Waals surface area contributed by atoms with Gasteiger partial charge in [-0.1, -0.05) is 24.3 Å². The lowest BCUT2D eigenvalue weighted by molar-refractivity contribution is 1.09. The predicted molar refractivity (Wildman–Crippen MR) is 74.5 cm³/mol. The van der Waals surface area contributed by atoms with Gasteiger partial charge in [-0.3, -0.25) is 0 Å². The molecule has 0 radical (unpaired) electrons. The van der Waals surface area contributed by atoms with Crippen LogP contribution in [0.1, 0.15) is 5.56 Å². The molecule has 1 aromatic heterocycles. The van der Waals surface area contributed by atoms with E-state index < -0.39 is 0 Å². The molecule has 4 heteroatoms. The molecule has 0 unspecified atom stereocenters. The van der Waals surface area contributed by atoms with E-state index in [1.807, 2.05) is 24.5 Å². The lowest BCUT2D eigenvalue weighted by atomic mass is 10.0. The van der Waals surface area contributed by atoms with Crippen molar-refractivity contribution in [2.75, 3.05) is 17.6 Å². The van der Waals surface area contributed by atoms with Gasteiger partial charge in [0.2, 0.25) is 5.95 Å². The van der Waals surface area contributed by atoms with Gasteiger partial charge in [0, 0.05) is 30.3 Å². The zero-order valence-corrected chi connectivity index (χ0v) is 10.6. The third-order valence-corrected chi connectivity index (χ3v) is 2.73. The van der Waals surface area contributed by atoms with Gasteiger partial charge in [-0.15, -0.1) is 0 Å². The number of nitrogens with one attached hydrogen (secondary N) is 1. The van der Waals surface area contributed by atoms with Crippen molar-refractivity contribution in [3.63, 3.8) is 0 Å². The number of aryl methyl sites for hydroxylation is 1. The SMILES string of the molecule is Cc1ccccc1-c1cnc(NCCS)nc1. The first-order valence-electron chi connectivity index (χ1n) is 5.54. The van der Waals surface area contributed by atoms with E-state index in [0.717, 1.165) is 17.9 Å². The van der Waals surface area contributed by atoms with Crippen LogP contribution in [0.2, 0.25) is 0 Å². The average molecular weight is 245 g/mol.